The fourth-order valence-electron chi connectivity index (χ4n) is 1.71. The average Bonchev–Trinajstić information content (AvgIpc) is 2.46. The van der Waals surface area contributed by atoms with E-state index >= 15 is 0 Å². The van der Waals surface area contributed by atoms with Gasteiger partial charge in [0.1, 0.15) is 17.3 Å². The molecule has 2 rings (SSSR count). The van der Waals surface area contributed by atoms with E-state index in [0.29, 0.717) is 22.4 Å². The molecule has 20 heavy (non-hydrogen) atoms. The van der Waals surface area contributed by atoms with E-state index in [9.17, 15) is 0 Å². The molecule has 0 bridgehead atoms. The molecule has 0 spiro atoms. The fourth-order valence-corrected chi connectivity index (χ4v) is 2.07. The van der Waals surface area contributed by atoms with Crippen LogP contribution in [0.4, 0.5) is 0 Å². The zero-order chi connectivity index (χ0) is 14.5. The van der Waals surface area contributed by atoms with Crippen LogP contribution in [0, 0.1) is 0 Å². The third-order valence-corrected chi connectivity index (χ3v) is 3.40. The van der Waals surface area contributed by atoms with Gasteiger partial charge in [-0.1, -0.05) is 48.1 Å². The quantitative estimate of drug-likeness (QED) is 0.834. The Morgan fingerprint density at radius 2 is 2.05 bits per heavy atom. The van der Waals surface area contributed by atoms with Crippen LogP contribution in [0.25, 0.3) is 0 Å². The third kappa shape index (κ3) is 3.70. The fraction of sp³-hybridized carbons (Fsp3) is 0.133. The van der Waals surface area contributed by atoms with Crippen molar-refractivity contribution in [3.8, 4) is 5.75 Å². The zero-order valence-electron chi connectivity index (χ0n) is 10.7. The monoisotopic (exact) mass is 307 g/mol. The summed E-state index contributed by atoms with van der Waals surface area (Å²) in [6.07, 6.45) is 0. The van der Waals surface area contributed by atoms with Crippen molar-refractivity contribution in [2.45, 2.75) is 13.2 Å². The number of halogens is 1. The van der Waals surface area contributed by atoms with Gasteiger partial charge in [-0.3, -0.25) is 0 Å². The van der Waals surface area contributed by atoms with Crippen molar-refractivity contribution in [3.05, 3.63) is 64.2 Å². The van der Waals surface area contributed by atoms with Crippen LogP contribution in [0.2, 0.25) is 5.02 Å². The molecule has 0 aromatic heterocycles. The van der Waals surface area contributed by atoms with E-state index in [1.807, 2.05) is 30.3 Å². The van der Waals surface area contributed by atoms with Gasteiger partial charge >= 0.3 is 0 Å². The zero-order valence-corrected chi connectivity index (χ0v) is 12.2. The van der Waals surface area contributed by atoms with Crippen LogP contribution in [0.3, 0.4) is 0 Å². The van der Waals surface area contributed by atoms with E-state index < -0.39 is 0 Å². The minimum atomic E-state index is -0.0133. The molecule has 3 nitrogen and oxygen atoms in total. The summed E-state index contributed by atoms with van der Waals surface area (Å²) in [6, 6.07) is 12.7. The van der Waals surface area contributed by atoms with Crippen LogP contribution in [-0.4, -0.2) is 10.1 Å². The van der Waals surface area contributed by atoms with Gasteiger partial charge in [-0.25, -0.2) is 0 Å². The lowest BCUT2D eigenvalue weighted by atomic mass is 10.1. The highest BCUT2D eigenvalue weighted by atomic mass is 35.5. The second-order valence-electron chi connectivity index (χ2n) is 4.26. The van der Waals surface area contributed by atoms with Crippen molar-refractivity contribution >= 4 is 28.8 Å². The lowest BCUT2D eigenvalue weighted by Crippen LogP contribution is -2.09. The normalized spacial score (nSPS) is 10.3. The number of hydrogen-bond acceptors (Lipinski definition) is 3. The van der Waals surface area contributed by atoms with Crippen molar-refractivity contribution < 1.29 is 9.84 Å². The first-order valence-corrected chi connectivity index (χ1v) is 6.79. The number of rotatable bonds is 5. The predicted molar refractivity (Wildman–Crippen MR) is 84.0 cm³/mol. The molecule has 104 valence electrons. The summed E-state index contributed by atoms with van der Waals surface area (Å²) in [6.45, 7) is 0.325. The van der Waals surface area contributed by atoms with Crippen molar-refractivity contribution in [2.24, 2.45) is 5.73 Å². The highest BCUT2D eigenvalue weighted by molar-refractivity contribution is 7.80. The molecule has 2 aromatic carbocycles. The molecular weight excluding hydrogens is 294 g/mol. The highest BCUT2D eigenvalue weighted by Gasteiger charge is 2.05. The van der Waals surface area contributed by atoms with E-state index in [0.717, 1.165) is 16.7 Å². The van der Waals surface area contributed by atoms with Gasteiger partial charge in [0, 0.05) is 16.1 Å². The van der Waals surface area contributed by atoms with Gasteiger partial charge < -0.3 is 15.6 Å². The molecule has 0 aliphatic carbocycles. The van der Waals surface area contributed by atoms with Crippen molar-refractivity contribution in [1.82, 2.24) is 0 Å². The van der Waals surface area contributed by atoms with Crippen LogP contribution in [0.15, 0.2) is 42.5 Å². The lowest BCUT2D eigenvalue weighted by Gasteiger charge is -2.09. The largest absolute Gasteiger partial charge is 0.489 e. The molecule has 0 aliphatic rings. The molecule has 3 N–H and O–H groups in total. The first kappa shape index (κ1) is 14.8. The Hall–Kier alpha value is -1.62. The first-order valence-electron chi connectivity index (χ1n) is 6.01. The predicted octanol–water partition coefficient (Wildman–Crippen LogP) is 3.05. The van der Waals surface area contributed by atoms with Crippen molar-refractivity contribution in [2.75, 3.05) is 0 Å². The Morgan fingerprint density at radius 1 is 1.25 bits per heavy atom. The number of thiocarbonyl (C=S) groups is 1. The molecule has 0 unspecified atom stereocenters. The van der Waals surface area contributed by atoms with Crippen LogP contribution in [0.1, 0.15) is 16.7 Å². The molecule has 0 aliphatic heterocycles. The van der Waals surface area contributed by atoms with Gasteiger partial charge in [0.25, 0.3) is 0 Å². The molecule has 0 radical (unpaired) electrons. The SMILES string of the molecule is NC(=S)c1ccc(COc2cccc(CO)c2)c(Cl)c1. The second kappa shape index (κ2) is 6.70. The second-order valence-corrected chi connectivity index (χ2v) is 5.11. The first-order chi connectivity index (χ1) is 9.60. The Bertz CT molecular complexity index is 631. The van der Waals surface area contributed by atoms with Gasteiger partial charge in [0.15, 0.2) is 0 Å². The number of aliphatic hydroxyl groups excluding tert-OH is 1. The smallest absolute Gasteiger partial charge is 0.120 e. The van der Waals surface area contributed by atoms with Gasteiger partial charge in [0.05, 0.1) is 6.61 Å². The van der Waals surface area contributed by atoms with Crippen LogP contribution >= 0.6 is 23.8 Å². The summed E-state index contributed by atoms with van der Waals surface area (Å²) >= 11 is 11.1. The number of nitrogens with two attached hydrogens (primary N) is 1. The molecular formula is C15H14ClNO2S. The number of ether oxygens (including phenoxy) is 1. The Balaban J connectivity index is 2.08. The van der Waals surface area contributed by atoms with Gasteiger partial charge in [-0.2, -0.15) is 0 Å². The molecule has 0 fully saturated rings. The topological polar surface area (TPSA) is 55.5 Å². The molecule has 0 saturated carbocycles. The van der Waals surface area contributed by atoms with E-state index in [2.05, 4.69) is 0 Å². The summed E-state index contributed by atoms with van der Waals surface area (Å²) in [5.41, 5.74) is 7.93. The number of aliphatic hydroxyl groups is 1. The van der Waals surface area contributed by atoms with Crippen LogP contribution in [-0.2, 0) is 13.2 Å². The highest BCUT2D eigenvalue weighted by Crippen LogP contribution is 2.21. The molecule has 0 heterocycles. The number of hydrogen-bond donors (Lipinski definition) is 2. The molecule has 5 heteroatoms. The van der Waals surface area contributed by atoms with Gasteiger partial charge in [-0.15, -0.1) is 0 Å². The van der Waals surface area contributed by atoms with Crippen LogP contribution in [0.5, 0.6) is 5.75 Å². The van der Waals surface area contributed by atoms with E-state index in [1.54, 1.807) is 12.1 Å². The maximum Gasteiger partial charge on any atom is 0.120 e. The molecule has 0 atom stereocenters. The third-order valence-electron chi connectivity index (χ3n) is 2.81. The molecule has 0 saturated heterocycles. The van der Waals surface area contributed by atoms with Gasteiger partial charge in [-0.05, 0) is 23.8 Å². The maximum absolute atomic E-state index is 9.07. The minimum absolute atomic E-state index is 0.0133. The minimum Gasteiger partial charge on any atom is -0.489 e. The Labute approximate surface area is 127 Å². The van der Waals surface area contributed by atoms with Gasteiger partial charge in [0.2, 0.25) is 0 Å². The summed E-state index contributed by atoms with van der Waals surface area (Å²) in [7, 11) is 0. The van der Waals surface area contributed by atoms with Crippen molar-refractivity contribution in [3.63, 3.8) is 0 Å². The lowest BCUT2D eigenvalue weighted by molar-refractivity contribution is 0.278. The Kier molecular flexibility index (Phi) is 4.95. The molecule has 2 aromatic rings. The average molecular weight is 308 g/mol. The summed E-state index contributed by atoms with van der Waals surface area (Å²) in [5.74, 6) is 0.686. The van der Waals surface area contributed by atoms with Crippen LogP contribution < -0.4 is 10.5 Å². The maximum atomic E-state index is 9.07. The number of benzene rings is 2. The van der Waals surface area contributed by atoms with E-state index in [4.69, 9.17) is 39.4 Å². The molecule has 0 amide bonds. The summed E-state index contributed by atoms with van der Waals surface area (Å²) < 4.78 is 5.66. The Morgan fingerprint density at radius 3 is 2.70 bits per heavy atom. The summed E-state index contributed by atoms with van der Waals surface area (Å²) in [5, 5.41) is 9.64. The van der Waals surface area contributed by atoms with E-state index in [-0.39, 0.29) is 6.61 Å². The van der Waals surface area contributed by atoms with Crippen molar-refractivity contribution in [1.29, 1.82) is 0 Å². The standard InChI is InChI=1S/C15H14ClNO2S/c16-14-7-11(15(17)20)4-5-12(14)9-19-13-3-1-2-10(6-13)8-18/h1-7,18H,8-9H2,(H2,17,20). The van der Waals surface area contributed by atoms with E-state index in [1.165, 1.54) is 0 Å². The summed E-state index contributed by atoms with van der Waals surface area (Å²) in [4.78, 5) is 0.315.